The largest absolute Gasteiger partial charge is 0.368 e. The van der Waals surface area contributed by atoms with Crippen LogP contribution in [-0.4, -0.2) is 42.5 Å². The normalized spacial score (nSPS) is 22.2. The molecule has 130 valence electrons. The van der Waals surface area contributed by atoms with Crippen molar-refractivity contribution in [2.75, 3.05) is 19.7 Å². The fraction of sp³-hybridized carbons (Fsp3) is 0.529. The molecule has 3 rings (SSSR count). The van der Waals surface area contributed by atoms with Crippen LogP contribution in [0.4, 0.5) is 8.78 Å². The smallest absolute Gasteiger partial charge is 0.256 e. The Balaban J connectivity index is 1.60. The van der Waals surface area contributed by atoms with Gasteiger partial charge in [-0.15, -0.1) is 0 Å². The molecule has 1 aliphatic carbocycles. The first-order chi connectivity index (χ1) is 11.4. The maximum absolute atomic E-state index is 13.8. The Morgan fingerprint density at radius 1 is 1.25 bits per heavy atom. The van der Waals surface area contributed by atoms with Crippen LogP contribution in [0, 0.1) is 17.0 Å². The van der Waals surface area contributed by atoms with Gasteiger partial charge in [0.1, 0.15) is 18.2 Å². The van der Waals surface area contributed by atoms with Crippen LogP contribution in [0.2, 0.25) is 0 Å². The number of primary amides is 1. The fourth-order valence-corrected chi connectivity index (χ4v) is 3.67. The molecule has 1 unspecified atom stereocenters. The summed E-state index contributed by atoms with van der Waals surface area (Å²) in [6.07, 6.45) is 3.34. The standard InChI is InChI=1S/C17H20F2N2O3/c18-11-1-2-12(13(19)9-11)16(23)21-7-5-17(6-8-21)4-3-14(17)24-10-15(20)22/h1-2,9,14H,3-8,10H2,(H2,20,22). The van der Waals surface area contributed by atoms with Crippen molar-refractivity contribution in [1.82, 2.24) is 4.90 Å². The summed E-state index contributed by atoms with van der Waals surface area (Å²) in [6, 6.07) is 2.99. The van der Waals surface area contributed by atoms with Gasteiger partial charge in [-0.2, -0.15) is 0 Å². The number of amides is 2. The number of rotatable bonds is 4. The van der Waals surface area contributed by atoms with E-state index >= 15 is 0 Å². The van der Waals surface area contributed by atoms with Crippen molar-refractivity contribution in [1.29, 1.82) is 0 Å². The molecule has 24 heavy (non-hydrogen) atoms. The average molecular weight is 338 g/mol. The number of ether oxygens (including phenoxy) is 1. The van der Waals surface area contributed by atoms with E-state index in [0.29, 0.717) is 13.1 Å². The third kappa shape index (κ3) is 3.13. The van der Waals surface area contributed by atoms with Gasteiger partial charge in [-0.05, 0) is 37.8 Å². The Hall–Kier alpha value is -2.02. The lowest BCUT2D eigenvalue weighted by molar-refractivity contribution is -0.148. The number of hydrogen-bond donors (Lipinski definition) is 1. The highest BCUT2D eigenvalue weighted by atomic mass is 19.1. The molecule has 1 spiro atoms. The highest BCUT2D eigenvalue weighted by molar-refractivity contribution is 5.94. The van der Waals surface area contributed by atoms with Gasteiger partial charge in [0.05, 0.1) is 11.7 Å². The maximum atomic E-state index is 13.8. The van der Waals surface area contributed by atoms with Gasteiger partial charge in [-0.1, -0.05) is 0 Å². The molecule has 7 heteroatoms. The lowest BCUT2D eigenvalue weighted by atomic mass is 9.60. The van der Waals surface area contributed by atoms with E-state index in [-0.39, 0.29) is 23.7 Å². The van der Waals surface area contributed by atoms with Crippen LogP contribution in [0.3, 0.4) is 0 Å². The Morgan fingerprint density at radius 3 is 2.50 bits per heavy atom. The number of carbonyl (C=O) groups is 2. The van der Waals surface area contributed by atoms with E-state index in [1.807, 2.05) is 0 Å². The molecule has 1 aromatic rings. The van der Waals surface area contributed by atoms with Gasteiger partial charge < -0.3 is 15.4 Å². The number of nitrogens with two attached hydrogens (primary N) is 1. The summed E-state index contributed by atoms with van der Waals surface area (Å²) in [5, 5.41) is 0. The minimum Gasteiger partial charge on any atom is -0.368 e. The third-order valence-electron chi connectivity index (χ3n) is 5.22. The Morgan fingerprint density at radius 2 is 1.96 bits per heavy atom. The summed E-state index contributed by atoms with van der Waals surface area (Å²) < 4.78 is 32.3. The van der Waals surface area contributed by atoms with Crippen LogP contribution in [0.5, 0.6) is 0 Å². The molecule has 1 atom stereocenters. The van der Waals surface area contributed by atoms with Crippen molar-refractivity contribution >= 4 is 11.8 Å². The van der Waals surface area contributed by atoms with Crippen molar-refractivity contribution in [3.8, 4) is 0 Å². The van der Waals surface area contributed by atoms with Crippen LogP contribution in [-0.2, 0) is 9.53 Å². The van der Waals surface area contributed by atoms with Crippen LogP contribution in [0.1, 0.15) is 36.0 Å². The number of likely N-dealkylation sites (tertiary alicyclic amines) is 1. The average Bonchev–Trinajstić information content (AvgIpc) is 2.53. The number of piperidine rings is 1. The van der Waals surface area contributed by atoms with E-state index in [4.69, 9.17) is 10.5 Å². The molecule has 2 aliphatic rings. The first kappa shape index (κ1) is 16.8. The molecule has 2 amide bonds. The predicted octanol–water partition coefficient (Wildman–Crippen LogP) is 1.85. The number of carbonyl (C=O) groups excluding carboxylic acids is 2. The topological polar surface area (TPSA) is 72.6 Å². The summed E-state index contributed by atoms with van der Waals surface area (Å²) in [5.74, 6) is -2.45. The van der Waals surface area contributed by atoms with Crippen LogP contribution in [0.15, 0.2) is 18.2 Å². The van der Waals surface area contributed by atoms with Gasteiger partial charge in [-0.25, -0.2) is 8.78 Å². The molecular weight excluding hydrogens is 318 g/mol. The molecule has 0 bridgehead atoms. The lowest BCUT2D eigenvalue weighted by Crippen LogP contribution is -2.54. The van der Waals surface area contributed by atoms with Crippen molar-refractivity contribution in [3.63, 3.8) is 0 Å². The van der Waals surface area contributed by atoms with Gasteiger partial charge in [0.2, 0.25) is 5.91 Å². The van der Waals surface area contributed by atoms with E-state index in [2.05, 4.69) is 0 Å². The molecule has 2 N–H and O–H groups in total. The molecule has 5 nitrogen and oxygen atoms in total. The monoisotopic (exact) mass is 338 g/mol. The minimum absolute atomic E-state index is 0.00944. The van der Waals surface area contributed by atoms with E-state index < -0.39 is 23.4 Å². The van der Waals surface area contributed by atoms with Crippen LogP contribution in [0.25, 0.3) is 0 Å². The van der Waals surface area contributed by atoms with Gasteiger partial charge in [0.15, 0.2) is 0 Å². The second-order valence-corrected chi connectivity index (χ2v) is 6.58. The number of benzene rings is 1. The molecule has 2 fully saturated rings. The van der Waals surface area contributed by atoms with Gasteiger partial charge >= 0.3 is 0 Å². The van der Waals surface area contributed by atoms with E-state index in [9.17, 15) is 18.4 Å². The Bertz CT molecular complexity index is 657. The predicted molar refractivity (Wildman–Crippen MR) is 82.1 cm³/mol. The van der Waals surface area contributed by atoms with E-state index in [1.165, 1.54) is 6.07 Å². The number of hydrogen-bond acceptors (Lipinski definition) is 3. The molecule has 0 aromatic heterocycles. The number of halogens is 2. The zero-order valence-corrected chi connectivity index (χ0v) is 13.3. The lowest BCUT2D eigenvalue weighted by Gasteiger charge is -2.53. The third-order valence-corrected chi connectivity index (χ3v) is 5.22. The first-order valence-electron chi connectivity index (χ1n) is 8.05. The van der Waals surface area contributed by atoms with E-state index in [0.717, 1.165) is 37.8 Å². The van der Waals surface area contributed by atoms with Crippen LogP contribution >= 0.6 is 0 Å². The maximum Gasteiger partial charge on any atom is 0.256 e. The van der Waals surface area contributed by atoms with Gasteiger partial charge in [0.25, 0.3) is 5.91 Å². The Kier molecular flexibility index (Phi) is 4.54. The summed E-state index contributed by atoms with van der Waals surface area (Å²) >= 11 is 0. The summed E-state index contributed by atoms with van der Waals surface area (Å²) in [5.41, 5.74) is 4.98. The molecule has 1 aromatic carbocycles. The molecule has 1 aliphatic heterocycles. The highest BCUT2D eigenvalue weighted by Gasteiger charge is 2.49. The van der Waals surface area contributed by atoms with Crippen molar-refractivity contribution in [3.05, 3.63) is 35.4 Å². The Labute approximate surface area is 138 Å². The second kappa shape index (κ2) is 6.47. The van der Waals surface area contributed by atoms with E-state index in [1.54, 1.807) is 4.90 Å². The zero-order valence-electron chi connectivity index (χ0n) is 13.3. The second-order valence-electron chi connectivity index (χ2n) is 6.58. The first-order valence-corrected chi connectivity index (χ1v) is 8.05. The van der Waals surface area contributed by atoms with Crippen molar-refractivity contribution < 1.29 is 23.1 Å². The summed E-state index contributed by atoms with van der Waals surface area (Å²) in [4.78, 5) is 24.9. The molecule has 1 heterocycles. The minimum atomic E-state index is -0.841. The van der Waals surface area contributed by atoms with Crippen LogP contribution < -0.4 is 5.73 Å². The van der Waals surface area contributed by atoms with Gasteiger partial charge in [0, 0.05) is 24.6 Å². The number of nitrogens with zero attached hydrogens (tertiary/aromatic N) is 1. The molecular formula is C17H20F2N2O3. The van der Waals surface area contributed by atoms with Crippen molar-refractivity contribution in [2.24, 2.45) is 11.1 Å². The van der Waals surface area contributed by atoms with Crippen molar-refractivity contribution in [2.45, 2.75) is 31.8 Å². The molecule has 1 saturated heterocycles. The fourth-order valence-electron chi connectivity index (χ4n) is 3.67. The molecule has 0 radical (unpaired) electrons. The molecule has 1 saturated carbocycles. The SMILES string of the molecule is NC(=O)COC1CCC12CCN(C(=O)c1ccc(F)cc1F)CC2. The van der Waals surface area contributed by atoms with Gasteiger partial charge in [-0.3, -0.25) is 9.59 Å². The summed E-state index contributed by atoms with van der Waals surface area (Å²) in [6.45, 7) is 0.897. The summed E-state index contributed by atoms with van der Waals surface area (Å²) in [7, 11) is 0. The highest BCUT2D eigenvalue weighted by Crippen LogP contribution is 2.50. The quantitative estimate of drug-likeness (QED) is 0.911. The zero-order chi connectivity index (χ0) is 17.3.